The van der Waals surface area contributed by atoms with E-state index in [0.717, 1.165) is 17.1 Å². The van der Waals surface area contributed by atoms with Crippen LogP contribution in [0, 0.1) is 0 Å². The fraction of sp³-hybridized carbons (Fsp3) is 0. The van der Waals surface area contributed by atoms with Crippen molar-refractivity contribution in [3.8, 4) is 11.1 Å². The average molecular weight is 572 g/mol. The molecule has 0 fully saturated rings. The zero-order valence-electron chi connectivity index (χ0n) is 24.7. The molecule has 0 atom stereocenters. The lowest BCUT2D eigenvalue weighted by Gasteiger charge is -2.29. The molecule has 0 N–H and O–H groups in total. The van der Waals surface area contributed by atoms with Crippen molar-refractivity contribution in [1.29, 1.82) is 0 Å². The van der Waals surface area contributed by atoms with E-state index in [1.165, 1.54) is 65.0 Å². The number of hydrogen-bond acceptors (Lipinski definition) is 1. The second-order valence-electron chi connectivity index (χ2n) is 11.8. The highest BCUT2D eigenvalue weighted by Gasteiger charge is 2.19. The molecule has 9 rings (SSSR count). The van der Waals surface area contributed by atoms with E-state index in [-0.39, 0.29) is 0 Å². The lowest BCUT2D eigenvalue weighted by molar-refractivity contribution is 1.31. The highest BCUT2D eigenvalue weighted by molar-refractivity contribution is 6.20. The number of rotatable bonds is 4. The van der Waals surface area contributed by atoms with Gasteiger partial charge in [0.25, 0.3) is 0 Å². The van der Waals surface area contributed by atoms with Gasteiger partial charge in [-0.15, -0.1) is 0 Å². The second kappa shape index (κ2) is 10.4. The summed E-state index contributed by atoms with van der Waals surface area (Å²) in [6.07, 6.45) is 0. The summed E-state index contributed by atoms with van der Waals surface area (Å²) in [6, 6.07) is 64.1. The number of hydrogen-bond donors (Lipinski definition) is 0. The summed E-state index contributed by atoms with van der Waals surface area (Å²) >= 11 is 0. The van der Waals surface area contributed by atoms with Crippen molar-refractivity contribution >= 4 is 70.9 Å². The fourth-order valence-electron chi connectivity index (χ4n) is 7.04. The SMILES string of the molecule is c1cc(-c2ccc3ccccc3c2)cc(N(c2cccc3ccccc23)c2cccc3c2ccc2c4ccccc4ccc32)c1. The van der Waals surface area contributed by atoms with Gasteiger partial charge < -0.3 is 4.90 Å². The van der Waals surface area contributed by atoms with Crippen LogP contribution in [-0.4, -0.2) is 0 Å². The van der Waals surface area contributed by atoms with Gasteiger partial charge in [-0.2, -0.15) is 0 Å². The second-order valence-corrected chi connectivity index (χ2v) is 11.8. The predicted molar refractivity (Wildman–Crippen MR) is 194 cm³/mol. The van der Waals surface area contributed by atoms with E-state index in [1.54, 1.807) is 0 Å². The van der Waals surface area contributed by atoms with Crippen LogP contribution in [0.25, 0.3) is 65.0 Å². The van der Waals surface area contributed by atoms with Crippen molar-refractivity contribution in [3.63, 3.8) is 0 Å². The van der Waals surface area contributed by atoms with Crippen LogP contribution in [0.15, 0.2) is 176 Å². The van der Waals surface area contributed by atoms with Gasteiger partial charge in [0, 0.05) is 16.5 Å². The summed E-state index contributed by atoms with van der Waals surface area (Å²) in [5.74, 6) is 0. The first-order valence-electron chi connectivity index (χ1n) is 15.5. The van der Waals surface area contributed by atoms with Crippen LogP contribution in [0.5, 0.6) is 0 Å². The Balaban J connectivity index is 1.30. The van der Waals surface area contributed by atoms with Crippen LogP contribution in [0.3, 0.4) is 0 Å². The first-order chi connectivity index (χ1) is 22.3. The summed E-state index contributed by atoms with van der Waals surface area (Å²) in [5.41, 5.74) is 5.86. The maximum Gasteiger partial charge on any atom is 0.0540 e. The zero-order valence-corrected chi connectivity index (χ0v) is 24.7. The Bertz CT molecular complexity index is 2550. The average Bonchev–Trinajstić information content (AvgIpc) is 3.11. The smallest absolute Gasteiger partial charge is 0.0540 e. The van der Waals surface area contributed by atoms with Crippen LogP contribution >= 0.6 is 0 Å². The van der Waals surface area contributed by atoms with Gasteiger partial charge in [0.1, 0.15) is 0 Å². The van der Waals surface area contributed by atoms with Gasteiger partial charge in [-0.25, -0.2) is 0 Å². The molecule has 0 aliphatic heterocycles. The molecule has 0 bridgehead atoms. The normalized spacial score (nSPS) is 11.6. The Kier molecular flexibility index (Phi) is 5.89. The lowest BCUT2D eigenvalue weighted by atomic mass is 9.95. The summed E-state index contributed by atoms with van der Waals surface area (Å²) in [6.45, 7) is 0. The molecule has 0 saturated heterocycles. The third-order valence-corrected chi connectivity index (χ3v) is 9.20. The molecule has 45 heavy (non-hydrogen) atoms. The highest BCUT2D eigenvalue weighted by Crippen LogP contribution is 2.44. The molecule has 210 valence electrons. The lowest BCUT2D eigenvalue weighted by Crippen LogP contribution is -2.11. The predicted octanol–water partition coefficient (Wildman–Crippen LogP) is 12.6. The Morgan fingerprint density at radius 1 is 0.267 bits per heavy atom. The van der Waals surface area contributed by atoms with E-state index in [0.29, 0.717) is 0 Å². The van der Waals surface area contributed by atoms with E-state index in [9.17, 15) is 0 Å². The van der Waals surface area contributed by atoms with Crippen molar-refractivity contribution in [3.05, 3.63) is 176 Å². The summed E-state index contributed by atoms with van der Waals surface area (Å²) in [4.78, 5) is 2.45. The monoisotopic (exact) mass is 571 g/mol. The minimum Gasteiger partial charge on any atom is -0.309 e. The molecule has 1 heteroatoms. The van der Waals surface area contributed by atoms with E-state index < -0.39 is 0 Å². The molecule has 1 nitrogen and oxygen atoms in total. The molecule has 9 aromatic rings. The Labute approximate surface area is 262 Å². The maximum absolute atomic E-state index is 2.45. The first kappa shape index (κ1) is 25.6. The van der Waals surface area contributed by atoms with E-state index in [4.69, 9.17) is 0 Å². The van der Waals surface area contributed by atoms with Crippen molar-refractivity contribution in [2.75, 3.05) is 4.90 Å². The zero-order chi connectivity index (χ0) is 29.7. The molecular weight excluding hydrogens is 542 g/mol. The van der Waals surface area contributed by atoms with Gasteiger partial charge >= 0.3 is 0 Å². The molecule has 0 aromatic heterocycles. The third kappa shape index (κ3) is 4.24. The molecule has 0 unspecified atom stereocenters. The molecule has 0 spiro atoms. The number of anilines is 3. The van der Waals surface area contributed by atoms with Crippen molar-refractivity contribution in [2.45, 2.75) is 0 Å². The van der Waals surface area contributed by atoms with E-state index in [2.05, 4.69) is 181 Å². The summed E-state index contributed by atoms with van der Waals surface area (Å²) in [5, 5.41) is 12.5. The number of nitrogens with zero attached hydrogens (tertiary/aromatic N) is 1. The van der Waals surface area contributed by atoms with Crippen molar-refractivity contribution in [1.82, 2.24) is 0 Å². The molecule has 0 radical (unpaired) electrons. The maximum atomic E-state index is 2.45. The van der Waals surface area contributed by atoms with Crippen LogP contribution < -0.4 is 4.90 Å². The highest BCUT2D eigenvalue weighted by atomic mass is 15.1. The third-order valence-electron chi connectivity index (χ3n) is 9.20. The van der Waals surface area contributed by atoms with Crippen LogP contribution in [0.1, 0.15) is 0 Å². The van der Waals surface area contributed by atoms with Crippen molar-refractivity contribution < 1.29 is 0 Å². The summed E-state index contributed by atoms with van der Waals surface area (Å²) in [7, 11) is 0. The van der Waals surface area contributed by atoms with Gasteiger partial charge in [-0.3, -0.25) is 0 Å². The Hall–Kier alpha value is -5.92. The van der Waals surface area contributed by atoms with E-state index in [1.807, 2.05) is 0 Å². The van der Waals surface area contributed by atoms with Gasteiger partial charge in [-0.05, 0) is 84.5 Å². The summed E-state index contributed by atoms with van der Waals surface area (Å²) < 4.78 is 0. The Morgan fingerprint density at radius 2 is 0.778 bits per heavy atom. The molecule has 0 saturated carbocycles. The minimum absolute atomic E-state index is 1.13. The first-order valence-corrected chi connectivity index (χ1v) is 15.5. The van der Waals surface area contributed by atoms with Crippen LogP contribution in [0.4, 0.5) is 17.1 Å². The standard InChI is InChI=1S/C44H29N/c1-2-13-33-28-35(23-22-30(33)10-1)34-15-7-16-36(29-34)45(43-20-8-14-31-11-4-6-18-38(31)43)44-21-9-19-39-41-25-24-32-12-3-5-17-37(32)40(41)26-27-42(39)44/h1-29H. The molecule has 0 amide bonds. The quantitative estimate of drug-likeness (QED) is 0.190. The van der Waals surface area contributed by atoms with Crippen molar-refractivity contribution in [2.24, 2.45) is 0 Å². The molecule has 0 aliphatic carbocycles. The largest absolute Gasteiger partial charge is 0.309 e. The molecular formula is C44H29N. The molecule has 0 aliphatic rings. The number of benzene rings is 9. The molecule has 9 aromatic carbocycles. The van der Waals surface area contributed by atoms with Gasteiger partial charge in [-0.1, -0.05) is 146 Å². The fourth-order valence-corrected chi connectivity index (χ4v) is 7.04. The van der Waals surface area contributed by atoms with Crippen LogP contribution in [-0.2, 0) is 0 Å². The topological polar surface area (TPSA) is 3.24 Å². The van der Waals surface area contributed by atoms with Gasteiger partial charge in [0.2, 0.25) is 0 Å². The van der Waals surface area contributed by atoms with Crippen LogP contribution in [0.2, 0.25) is 0 Å². The van der Waals surface area contributed by atoms with Gasteiger partial charge in [0.15, 0.2) is 0 Å². The minimum atomic E-state index is 1.13. The number of fused-ring (bicyclic) bond motifs is 7. The Morgan fingerprint density at radius 3 is 1.64 bits per heavy atom. The molecule has 0 heterocycles. The van der Waals surface area contributed by atoms with Gasteiger partial charge in [0.05, 0.1) is 11.4 Å². The van der Waals surface area contributed by atoms with E-state index >= 15 is 0 Å².